The molecular formula is C12H18ClN3O4. The third-order valence-corrected chi connectivity index (χ3v) is 2.98. The van der Waals surface area contributed by atoms with E-state index in [9.17, 15) is 10.1 Å². The highest BCUT2D eigenvalue weighted by Gasteiger charge is 2.25. The first-order valence-corrected chi connectivity index (χ1v) is 6.43. The third kappa shape index (κ3) is 4.29. The van der Waals surface area contributed by atoms with Crippen molar-refractivity contribution in [1.82, 2.24) is 4.98 Å². The lowest BCUT2D eigenvalue weighted by atomic mass is 10.2. The fourth-order valence-electron chi connectivity index (χ4n) is 1.78. The second-order valence-corrected chi connectivity index (χ2v) is 4.51. The molecule has 0 saturated heterocycles. The fraction of sp³-hybridized carbons (Fsp3) is 0.583. The summed E-state index contributed by atoms with van der Waals surface area (Å²) >= 11 is 5.90. The largest absolute Gasteiger partial charge is 0.383 e. The Hall–Kier alpha value is -1.44. The van der Waals surface area contributed by atoms with E-state index >= 15 is 0 Å². The van der Waals surface area contributed by atoms with E-state index in [1.807, 2.05) is 4.90 Å². The Balaban J connectivity index is 3.18. The van der Waals surface area contributed by atoms with E-state index in [2.05, 4.69) is 4.98 Å². The van der Waals surface area contributed by atoms with Crippen LogP contribution in [-0.4, -0.2) is 50.4 Å². The molecule has 1 rings (SSSR count). The number of nitro groups is 1. The Kier molecular flexibility index (Phi) is 6.63. The Morgan fingerprint density at radius 3 is 2.35 bits per heavy atom. The second kappa shape index (κ2) is 7.98. The summed E-state index contributed by atoms with van der Waals surface area (Å²) in [5, 5.41) is 11.1. The van der Waals surface area contributed by atoms with Gasteiger partial charge in [0.05, 0.1) is 18.1 Å². The Bertz CT molecular complexity index is 462. The molecule has 0 aromatic carbocycles. The minimum absolute atomic E-state index is 0.107. The van der Waals surface area contributed by atoms with Gasteiger partial charge in [-0.25, -0.2) is 4.98 Å². The molecule has 7 nitrogen and oxygen atoms in total. The molecule has 0 saturated carbocycles. The molecule has 0 aliphatic heterocycles. The van der Waals surface area contributed by atoms with E-state index in [0.717, 1.165) is 0 Å². The average molecular weight is 304 g/mol. The van der Waals surface area contributed by atoms with E-state index in [0.29, 0.717) is 37.7 Å². The van der Waals surface area contributed by atoms with Crippen molar-refractivity contribution in [2.45, 2.75) is 6.92 Å². The average Bonchev–Trinajstić information content (AvgIpc) is 2.37. The molecule has 8 heteroatoms. The van der Waals surface area contributed by atoms with Gasteiger partial charge in [-0.1, -0.05) is 11.6 Å². The summed E-state index contributed by atoms with van der Waals surface area (Å²) in [7, 11) is 3.15. The molecule has 0 spiro atoms. The van der Waals surface area contributed by atoms with Gasteiger partial charge in [0, 0.05) is 33.0 Å². The van der Waals surface area contributed by atoms with Gasteiger partial charge < -0.3 is 14.4 Å². The number of methoxy groups -OCH3 is 2. The van der Waals surface area contributed by atoms with Crippen molar-refractivity contribution in [2.75, 3.05) is 45.4 Å². The summed E-state index contributed by atoms with van der Waals surface area (Å²) in [6.07, 6.45) is 0. The van der Waals surface area contributed by atoms with Crippen LogP contribution in [0.3, 0.4) is 0 Å². The number of ether oxygens (including phenoxy) is 2. The van der Waals surface area contributed by atoms with Gasteiger partial charge in [0.15, 0.2) is 0 Å². The molecule has 0 bridgehead atoms. The van der Waals surface area contributed by atoms with Gasteiger partial charge in [-0.15, -0.1) is 0 Å². The molecule has 0 radical (unpaired) electrons. The molecule has 1 aromatic rings. The molecule has 0 unspecified atom stereocenters. The maximum atomic E-state index is 11.2. The van der Waals surface area contributed by atoms with Crippen molar-refractivity contribution >= 4 is 23.0 Å². The molecule has 0 aliphatic carbocycles. The van der Waals surface area contributed by atoms with Gasteiger partial charge >= 0.3 is 5.69 Å². The summed E-state index contributed by atoms with van der Waals surface area (Å²) < 4.78 is 10.1. The maximum Gasteiger partial charge on any atom is 0.329 e. The smallest absolute Gasteiger partial charge is 0.329 e. The molecule has 0 N–H and O–H groups in total. The maximum absolute atomic E-state index is 11.2. The molecule has 0 aliphatic rings. The summed E-state index contributed by atoms with van der Waals surface area (Å²) in [6, 6.07) is 1.65. The zero-order valence-electron chi connectivity index (χ0n) is 11.8. The second-order valence-electron chi connectivity index (χ2n) is 4.15. The molecule has 20 heavy (non-hydrogen) atoms. The van der Waals surface area contributed by atoms with Crippen LogP contribution in [0, 0.1) is 17.0 Å². The number of hydrogen-bond donors (Lipinski definition) is 0. The lowest BCUT2D eigenvalue weighted by Gasteiger charge is -2.24. The number of aromatic nitrogens is 1. The van der Waals surface area contributed by atoms with Gasteiger partial charge in [-0.3, -0.25) is 10.1 Å². The van der Waals surface area contributed by atoms with Crippen LogP contribution in [0.15, 0.2) is 6.07 Å². The van der Waals surface area contributed by atoms with Gasteiger partial charge in [0.25, 0.3) is 0 Å². The van der Waals surface area contributed by atoms with Crippen LogP contribution in [0.4, 0.5) is 11.4 Å². The minimum Gasteiger partial charge on any atom is -0.383 e. The summed E-state index contributed by atoms with van der Waals surface area (Å²) in [4.78, 5) is 16.4. The normalized spacial score (nSPS) is 10.6. The first-order valence-electron chi connectivity index (χ1n) is 6.05. The van der Waals surface area contributed by atoms with E-state index in [1.165, 1.54) is 0 Å². The summed E-state index contributed by atoms with van der Waals surface area (Å²) in [5.41, 5.74) is 0.863. The van der Waals surface area contributed by atoms with Gasteiger partial charge in [-0.2, -0.15) is 0 Å². The fourth-order valence-corrected chi connectivity index (χ4v) is 2.08. The Morgan fingerprint density at radius 2 is 1.90 bits per heavy atom. The monoisotopic (exact) mass is 303 g/mol. The van der Waals surface area contributed by atoms with Crippen LogP contribution in [0.25, 0.3) is 0 Å². The van der Waals surface area contributed by atoms with Gasteiger partial charge in [0.1, 0.15) is 5.69 Å². The van der Waals surface area contributed by atoms with Crippen molar-refractivity contribution in [2.24, 2.45) is 0 Å². The lowest BCUT2D eigenvalue weighted by molar-refractivity contribution is -0.384. The first-order chi connectivity index (χ1) is 9.51. The van der Waals surface area contributed by atoms with Crippen LogP contribution in [0.2, 0.25) is 5.15 Å². The zero-order valence-corrected chi connectivity index (χ0v) is 12.5. The number of nitrogens with zero attached hydrogens (tertiary/aromatic N) is 3. The molecule has 0 amide bonds. The highest BCUT2D eigenvalue weighted by Crippen LogP contribution is 2.34. The van der Waals surface area contributed by atoms with Crippen molar-refractivity contribution < 1.29 is 14.4 Å². The van der Waals surface area contributed by atoms with Gasteiger partial charge in [0.2, 0.25) is 5.15 Å². The van der Waals surface area contributed by atoms with Crippen molar-refractivity contribution in [1.29, 1.82) is 0 Å². The zero-order chi connectivity index (χ0) is 15.1. The number of aryl methyl sites for hydroxylation is 1. The van der Waals surface area contributed by atoms with Crippen LogP contribution < -0.4 is 4.90 Å². The van der Waals surface area contributed by atoms with Crippen LogP contribution in [-0.2, 0) is 9.47 Å². The Labute approximate surface area is 122 Å². The number of anilines is 1. The standard InChI is InChI=1S/C12H18ClN3O4/c1-9-8-10(11(16(17)18)12(13)14-9)15(4-6-19-2)5-7-20-3/h8H,4-7H2,1-3H3. The Morgan fingerprint density at radius 1 is 1.35 bits per heavy atom. The van der Waals surface area contributed by atoms with Crippen molar-refractivity contribution in [3.05, 3.63) is 27.0 Å². The van der Waals surface area contributed by atoms with Crippen LogP contribution in [0.1, 0.15) is 5.69 Å². The predicted octanol–water partition coefficient (Wildman–Crippen LogP) is 2.05. The third-order valence-electron chi connectivity index (χ3n) is 2.71. The van der Waals surface area contributed by atoms with Crippen LogP contribution >= 0.6 is 11.6 Å². The topological polar surface area (TPSA) is 77.7 Å². The summed E-state index contributed by atoms with van der Waals surface area (Å²) in [5.74, 6) is 0. The number of hydrogen-bond acceptors (Lipinski definition) is 6. The number of rotatable bonds is 8. The van der Waals surface area contributed by atoms with E-state index in [-0.39, 0.29) is 10.8 Å². The van der Waals surface area contributed by atoms with E-state index < -0.39 is 4.92 Å². The van der Waals surface area contributed by atoms with E-state index in [4.69, 9.17) is 21.1 Å². The minimum atomic E-state index is -0.517. The number of halogens is 1. The highest BCUT2D eigenvalue weighted by molar-refractivity contribution is 6.32. The van der Waals surface area contributed by atoms with E-state index in [1.54, 1.807) is 27.2 Å². The molecule has 0 atom stereocenters. The molecule has 1 heterocycles. The van der Waals surface area contributed by atoms with Crippen molar-refractivity contribution in [3.8, 4) is 0 Å². The molecule has 0 fully saturated rings. The molecule has 112 valence electrons. The predicted molar refractivity (Wildman–Crippen MR) is 76.6 cm³/mol. The van der Waals surface area contributed by atoms with Crippen molar-refractivity contribution in [3.63, 3.8) is 0 Å². The lowest BCUT2D eigenvalue weighted by Crippen LogP contribution is -2.31. The van der Waals surface area contributed by atoms with Gasteiger partial charge in [-0.05, 0) is 13.0 Å². The number of pyridine rings is 1. The highest BCUT2D eigenvalue weighted by atomic mass is 35.5. The SMILES string of the molecule is COCCN(CCOC)c1cc(C)nc(Cl)c1[N+](=O)[O-]. The first kappa shape index (κ1) is 16.6. The quantitative estimate of drug-likeness (QED) is 0.415. The molecule has 1 aromatic heterocycles. The van der Waals surface area contributed by atoms with Crippen LogP contribution in [0.5, 0.6) is 0 Å². The summed E-state index contributed by atoms with van der Waals surface area (Å²) in [6.45, 7) is 3.63. The molecular weight excluding hydrogens is 286 g/mol.